The molecule has 1 N–H and O–H groups in total. The average molecular weight is 253 g/mol. The molecular formula is C16H19N3. The molecule has 1 aliphatic carbocycles. The second-order valence-corrected chi connectivity index (χ2v) is 5.08. The zero-order valence-corrected chi connectivity index (χ0v) is 11.3. The normalized spacial score (nSPS) is 14.6. The monoisotopic (exact) mass is 253 g/mol. The van der Waals surface area contributed by atoms with Crippen LogP contribution in [-0.2, 0) is 13.0 Å². The Labute approximate surface area is 114 Å². The minimum Gasteiger partial charge on any atom is -0.308 e. The number of nitrogens with zero attached hydrogens (tertiary/aromatic N) is 2. The molecule has 1 aliphatic rings. The molecule has 0 radical (unpaired) electrons. The molecular weight excluding hydrogens is 234 g/mol. The first-order valence-corrected chi connectivity index (χ1v) is 7.00. The van der Waals surface area contributed by atoms with Gasteiger partial charge in [-0.15, -0.1) is 0 Å². The van der Waals surface area contributed by atoms with Crippen LogP contribution >= 0.6 is 0 Å². The fraction of sp³-hybridized carbons (Fsp3) is 0.375. The van der Waals surface area contributed by atoms with E-state index in [4.69, 9.17) is 0 Å². The highest BCUT2D eigenvalue weighted by molar-refractivity contribution is 5.55. The summed E-state index contributed by atoms with van der Waals surface area (Å²) in [6.45, 7) is 3.00. The van der Waals surface area contributed by atoms with Crippen LogP contribution in [-0.4, -0.2) is 16.0 Å². The second-order valence-electron chi connectivity index (χ2n) is 5.08. The summed E-state index contributed by atoms with van der Waals surface area (Å²) < 4.78 is 0. The SMILES string of the molecule is CCc1ccc(-c2nccc(CNC3CC3)n2)cc1. The van der Waals surface area contributed by atoms with Crippen LogP contribution in [0.15, 0.2) is 36.5 Å². The molecule has 1 aromatic heterocycles. The largest absolute Gasteiger partial charge is 0.308 e. The first-order valence-electron chi connectivity index (χ1n) is 7.00. The van der Waals surface area contributed by atoms with Crippen LogP contribution in [0.2, 0.25) is 0 Å². The lowest BCUT2D eigenvalue weighted by Crippen LogP contribution is -2.16. The molecule has 98 valence electrons. The smallest absolute Gasteiger partial charge is 0.159 e. The van der Waals surface area contributed by atoms with Crippen molar-refractivity contribution in [3.05, 3.63) is 47.8 Å². The Bertz CT molecular complexity index is 544. The van der Waals surface area contributed by atoms with Gasteiger partial charge in [0.05, 0.1) is 5.69 Å². The van der Waals surface area contributed by atoms with Crippen molar-refractivity contribution in [2.75, 3.05) is 0 Å². The number of nitrogens with one attached hydrogen (secondary N) is 1. The highest BCUT2D eigenvalue weighted by Crippen LogP contribution is 2.20. The molecule has 0 aliphatic heterocycles. The molecule has 1 heterocycles. The molecule has 0 spiro atoms. The Morgan fingerprint density at radius 2 is 1.95 bits per heavy atom. The van der Waals surface area contributed by atoms with Gasteiger partial charge in [-0.1, -0.05) is 31.2 Å². The van der Waals surface area contributed by atoms with Gasteiger partial charge < -0.3 is 5.32 Å². The summed E-state index contributed by atoms with van der Waals surface area (Å²) in [5, 5.41) is 3.48. The molecule has 1 fully saturated rings. The van der Waals surface area contributed by atoms with Gasteiger partial charge in [0.25, 0.3) is 0 Å². The number of benzene rings is 1. The zero-order valence-electron chi connectivity index (χ0n) is 11.3. The molecule has 19 heavy (non-hydrogen) atoms. The van der Waals surface area contributed by atoms with E-state index in [1.165, 1.54) is 18.4 Å². The molecule has 0 atom stereocenters. The van der Waals surface area contributed by atoms with Crippen molar-refractivity contribution in [3.63, 3.8) is 0 Å². The average Bonchev–Trinajstić information content (AvgIpc) is 3.30. The Hall–Kier alpha value is -1.74. The van der Waals surface area contributed by atoms with Crippen molar-refractivity contribution >= 4 is 0 Å². The van der Waals surface area contributed by atoms with E-state index >= 15 is 0 Å². The van der Waals surface area contributed by atoms with Crippen LogP contribution in [0, 0.1) is 0 Å². The van der Waals surface area contributed by atoms with Crippen LogP contribution < -0.4 is 5.32 Å². The van der Waals surface area contributed by atoms with Crippen molar-refractivity contribution in [1.29, 1.82) is 0 Å². The predicted octanol–water partition coefficient (Wildman–Crippen LogP) is 2.96. The predicted molar refractivity (Wildman–Crippen MR) is 76.7 cm³/mol. The van der Waals surface area contributed by atoms with Crippen molar-refractivity contribution in [1.82, 2.24) is 15.3 Å². The fourth-order valence-corrected chi connectivity index (χ4v) is 2.06. The molecule has 1 saturated carbocycles. The maximum absolute atomic E-state index is 4.62. The van der Waals surface area contributed by atoms with E-state index in [2.05, 4.69) is 46.5 Å². The molecule has 3 rings (SSSR count). The van der Waals surface area contributed by atoms with E-state index in [-0.39, 0.29) is 0 Å². The highest BCUT2D eigenvalue weighted by Gasteiger charge is 2.20. The van der Waals surface area contributed by atoms with Crippen molar-refractivity contribution in [3.8, 4) is 11.4 Å². The number of rotatable bonds is 5. The van der Waals surface area contributed by atoms with Gasteiger partial charge in [-0.3, -0.25) is 0 Å². The fourth-order valence-electron chi connectivity index (χ4n) is 2.06. The zero-order chi connectivity index (χ0) is 13.1. The molecule has 2 aromatic rings. The van der Waals surface area contributed by atoms with Gasteiger partial charge in [-0.05, 0) is 30.9 Å². The van der Waals surface area contributed by atoms with E-state index < -0.39 is 0 Å². The third-order valence-electron chi connectivity index (χ3n) is 3.48. The summed E-state index contributed by atoms with van der Waals surface area (Å²) in [4.78, 5) is 8.99. The van der Waals surface area contributed by atoms with E-state index in [0.717, 1.165) is 30.0 Å². The highest BCUT2D eigenvalue weighted by atomic mass is 15.0. The number of aromatic nitrogens is 2. The van der Waals surface area contributed by atoms with Gasteiger partial charge in [-0.2, -0.15) is 0 Å². The van der Waals surface area contributed by atoms with Gasteiger partial charge in [0.15, 0.2) is 5.82 Å². The van der Waals surface area contributed by atoms with Crippen molar-refractivity contribution in [2.24, 2.45) is 0 Å². The van der Waals surface area contributed by atoms with Gasteiger partial charge in [0, 0.05) is 24.3 Å². The molecule has 3 heteroatoms. The summed E-state index contributed by atoms with van der Waals surface area (Å²) in [7, 11) is 0. The first-order chi connectivity index (χ1) is 9.35. The van der Waals surface area contributed by atoms with Crippen LogP contribution in [0.4, 0.5) is 0 Å². The Morgan fingerprint density at radius 1 is 1.16 bits per heavy atom. The standard InChI is InChI=1S/C16H19N3/c1-2-12-3-5-13(6-4-12)16-17-10-9-15(19-16)11-18-14-7-8-14/h3-6,9-10,14,18H,2,7-8,11H2,1H3. The minimum absolute atomic E-state index is 0.710. The van der Waals surface area contributed by atoms with Crippen molar-refractivity contribution in [2.45, 2.75) is 38.8 Å². The summed E-state index contributed by atoms with van der Waals surface area (Å²) in [5.74, 6) is 0.817. The van der Waals surface area contributed by atoms with Gasteiger partial charge in [0.2, 0.25) is 0 Å². The van der Waals surface area contributed by atoms with E-state index in [1.807, 2.05) is 12.3 Å². The first kappa shape index (κ1) is 12.3. The Balaban J connectivity index is 1.76. The number of hydrogen-bond acceptors (Lipinski definition) is 3. The maximum atomic E-state index is 4.62. The molecule has 1 aromatic carbocycles. The molecule has 0 unspecified atom stereocenters. The molecule has 3 nitrogen and oxygen atoms in total. The molecule has 0 saturated heterocycles. The second kappa shape index (κ2) is 5.49. The lowest BCUT2D eigenvalue weighted by Gasteiger charge is -2.05. The van der Waals surface area contributed by atoms with E-state index in [0.29, 0.717) is 6.04 Å². The Morgan fingerprint density at radius 3 is 2.63 bits per heavy atom. The summed E-state index contributed by atoms with van der Waals surface area (Å²) in [6, 6.07) is 11.2. The third-order valence-corrected chi connectivity index (χ3v) is 3.48. The van der Waals surface area contributed by atoms with Crippen LogP contribution in [0.25, 0.3) is 11.4 Å². The van der Waals surface area contributed by atoms with Gasteiger partial charge >= 0.3 is 0 Å². The topological polar surface area (TPSA) is 37.8 Å². The van der Waals surface area contributed by atoms with E-state index in [9.17, 15) is 0 Å². The Kier molecular flexibility index (Phi) is 3.56. The lowest BCUT2D eigenvalue weighted by molar-refractivity contribution is 0.673. The third kappa shape index (κ3) is 3.18. The van der Waals surface area contributed by atoms with E-state index in [1.54, 1.807) is 0 Å². The maximum Gasteiger partial charge on any atom is 0.159 e. The summed E-state index contributed by atoms with van der Waals surface area (Å²) >= 11 is 0. The number of aryl methyl sites for hydroxylation is 1. The lowest BCUT2D eigenvalue weighted by atomic mass is 10.1. The van der Waals surface area contributed by atoms with Gasteiger partial charge in [0.1, 0.15) is 0 Å². The van der Waals surface area contributed by atoms with Crippen LogP contribution in [0.5, 0.6) is 0 Å². The quantitative estimate of drug-likeness (QED) is 0.890. The van der Waals surface area contributed by atoms with Gasteiger partial charge in [-0.25, -0.2) is 9.97 Å². The van der Waals surface area contributed by atoms with Crippen molar-refractivity contribution < 1.29 is 0 Å². The summed E-state index contributed by atoms with van der Waals surface area (Å²) in [6.07, 6.45) is 5.51. The number of hydrogen-bond donors (Lipinski definition) is 1. The van der Waals surface area contributed by atoms with Crippen LogP contribution in [0.3, 0.4) is 0 Å². The van der Waals surface area contributed by atoms with Crippen LogP contribution in [0.1, 0.15) is 31.0 Å². The molecule has 0 bridgehead atoms. The minimum atomic E-state index is 0.710. The molecule has 0 amide bonds. The summed E-state index contributed by atoms with van der Waals surface area (Å²) in [5.41, 5.74) is 3.50.